The van der Waals surface area contributed by atoms with Crippen molar-refractivity contribution in [3.63, 3.8) is 0 Å². The van der Waals surface area contributed by atoms with Crippen molar-refractivity contribution in [2.24, 2.45) is 4.99 Å². The van der Waals surface area contributed by atoms with Crippen LogP contribution >= 0.6 is 0 Å². The van der Waals surface area contributed by atoms with Gasteiger partial charge in [-0.2, -0.15) is 0 Å². The first-order chi connectivity index (χ1) is 11.0. The molecule has 0 bridgehead atoms. The highest BCUT2D eigenvalue weighted by Crippen LogP contribution is 2.19. The average Bonchev–Trinajstić information content (AvgIpc) is 3.03. The van der Waals surface area contributed by atoms with Crippen LogP contribution in [-0.2, 0) is 9.84 Å². The first-order valence-electron chi connectivity index (χ1n) is 8.01. The average molecular weight is 338 g/mol. The predicted octanol–water partition coefficient (Wildman–Crippen LogP) is 0.865. The van der Waals surface area contributed by atoms with Crippen molar-refractivity contribution in [2.45, 2.75) is 19.4 Å². The third-order valence-electron chi connectivity index (χ3n) is 4.02. The number of sulfone groups is 1. The zero-order valence-electron chi connectivity index (χ0n) is 13.8. The van der Waals surface area contributed by atoms with Gasteiger partial charge in [-0.15, -0.1) is 0 Å². The van der Waals surface area contributed by atoms with Gasteiger partial charge in [0.05, 0.1) is 5.75 Å². The monoisotopic (exact) mass is 338 g/mol. The van der Waals surface area contributed by atoms with Crippen molar-refractivity contribution < 1.29 is 8.42 Å². The maximum Gasteiger partial charge on any atom is 0.191 e. The highest BCUT2D eigenvalue weighted by Gasteiger charge is 2.23. The van der Waals surface area contributed by atoms with Gasteiger partial charge >= 0.3 is 0 Å². The summed E-state index contributed by atoms with van der Waals surface area (Å²) < 4.78 is 23.0. The molecule has 0 aliphatic carbocycles. The molecule has 0 spiro atoms. The second-order valence-electron chi connectivity index (χ2n) is 5.65. The van der Waals surface area contributed by atoms with Crippen LogP contribution in [0.15, 0.2) is 35.3 Å². The first kappa shape index (κ1) is 17.6. The lowest BCUT2D eigenvalue weighted by Crippen LogP contribution is -2.45. The number of hydrogen-bond donors (Lipinski definition) is 2. The van der Waals surface area contributed by atoms with Gasteiger partial charge in [0.2, 0.25) is 0 Å². The van der Waals surface area contributed by atoms with Gasteiger partial charge in [0.1, 0.15) is 0 Å². The summed E-state index contributed by atoms with van der Waals surface area (Å²) in [6, 6.07) is 10.7. The summed E-state index contributed by atoms with van der Waals surface area (Å²) in [5.41, 5.74) is 1.23. The SMILES string of the molecule is CCS(=O)(=O)CCNC(=NC)NC1CCN(c2ccccc2)C1. The second-order valence-corrected chi connectivity index (χ2v) is 8.12. The largest absolute Gasteiger partial charge is 0.369 e. The minimum absolute atomic E-state index is 0.130. The molecule has 1 unspecified atom stereocenters. The van der Waals surface area contributed by atoms with Crippen LogP contribution in [0.5, 0.6) is 0 Å². The van der Waals surface area contributed by atoms with Crippen molar-refractivity contribution in [3.8, 4) is 0 Å². The standard InChI is InChI=1S/C16H26N4O2S/c1-3-23(21,22)12-10-18-16(17-2)19-14-9-11-20(13-14)15-7-5-4-6-8-15/h4-8,14H,3,9-13H2,1-2H3,(H2,17,18,19). The molecular weight excluding hydrogens is 312 g/mol. The molecule has 1 aromatic carbocycles. The minimum Gasteiger partial charge on any atom is -0.369 e. The molecule has 1 atom stereocenters. The van der Waals surface area contributed by atoms with Gasteiger partial charge in [-0.25, -0.2) is 8.42 Å². The summed E-state index contributed by atoms with van der Waals surface area (Å²) in [5.74, 6) is 0.969. The van der Waals surface area contributed by atoms with Crippen molar-refractivity contribution in [1.82, 2.24) is 10.6 Å². The van der Waals surface area contributed by atoms with Crippen LogP contribution in [0, 0.1) is 0 Å². The smallest absolute Gasteiger partial charge is 0.191 e. The van der Waals surface area contributed by atoms with Crippen LogP contribution in [0.4, 0.5) is 5.69 Å². The molecule has 1 aliphatic heterocycles. The molecule has 1 heterocycles. The van der Waals surface area contributed by atoms with E-state index in [2.05, 4.69) is 32.7 Å². The molecule has 1 fully saturated rings. The lowest BCUT2D eigenvalue weighted by Gasteiger charge is -2.20. The van der Waals surface area contributed by atoms with Gasteiger partial charge in [0.25, 0.3) is 0 Å². The van der Waals surface area contributed by atoms with E-state index >= 15 is 0 Å². The summed E-state index contributed by atoms with van der Waals surface area (Å²) >= 11 is 0. The summed E-state index contributed by atoms with van der Waals surface area (Å²) in [5, 5.41) is 6.45. The Kier molecular flexibility index (Phi) is 6.27. The molecule has 0 saturated carbocycles. The molecule has 1 aromatic rings. The topological polar surface area (TPSA) is 73.8 Å². The fraction of sp³-hybridized carbons (Fsp3) is 0.562. The fourth-order valence-corrected chi connectivity index (χ4v) is 3.31. The quantitative estimate of drug-likeness (QED) is 0.595. The maximum atomic E-state index is 11.5. The highest BCUT2D eigenvalue weighted by molar-refractivity contribution is 7.91. The molecule has 7 heteroatoms. The van der Waals surface area contributed by atoms with Crippen molar-refractivity contribution in [2.75, 3.05) is 43.1 Å². The lowest BCUT2D eigenvalue weighted by atomic mass is 10.3. The highest BCUT2D eigenvalue weighted by atomic mass is 32.2. The molecule has 0 aromatic heterocycles. The Balaban J connectivity index is 1.79. The molecule has 0 radical (unpaired) electrons. The van der Waals surface area contributed by atoms with Crippen LogP contribution < -0.4 is 15.5 Å². The number of anilines is 1. The number of nitrogens with one attached hydrogen (secondary N) is 2. The van der Waals surface area contributed by atoms with E-state index in [1.54, 1.807) is 14.0 Å². The van der Waals surface area contributed by atoms with Crippen molar-refractivity contribution in [3.05, 3.63) is 30.3 Å². The number of hydrogen-bond acceptors (Lipinski definition) is 4. The van der Waals surface area contributed by atoms with Gasteiger partial charge in [0.15, 0.2) is 15.8 Å². The van der Waals surface area contributed by atoms with E-state index in [-0.39, 0.29) is 11.5 Å². The second kappa shape index (κ2) is 8.19. The number of nitrogens with zero attached hydrogens (tertiary/aromatic N) is 2. The van der Waals surface area contributed by atoms with E-state index in [1.165, 1.54) is 5.69 Å². The van der Waals surface area contributed by atoms with Gasteiger partial charge in [-0.3, -0.25) is 4.99 Å². The van der Waals surface area contributed by atoms with Crippen LogP contribution in [0.3, 0.4) is 0 Å². The Bertz CT molecular complexity index is 616. The summed E-state index contributed by atoms with van der Waals surface area (Å²) in [6.45, 7) is 3.96. The summed E-state index contributed by atoms with van der Waals surface area (Å²) in [6.07, 6.45) is 1.03. The number of benzene rings is 1. The van der Waals surface area contributed by atoms with E-state index in [4.69, 9.17) is 0 Å². The minimum atomic E-state index is -2.95. The van der Waals surface area contributed by atoms with Gasteiger partial charge in [-0.05, 0) is 18.6 Å². The zero-order chi connectivity index (χ0) is 16.7. The molecule has 1 saturated heterocycles. The number of para-hydroxylation sites is 1. The zero-order valence-corrected chi connectivity index (χ0v) is 14.6. The Morgan fingerprint density at radius 1 is 1.35 bits per heavy atom. The normalized spacial score (nSPS) is 19.0. The van der Waals surface area contributed by atoms with E-state index in [0.29, 0.717) is 18.5 Å². The molecule has 6 nitrogen and oxygen atoms in total. The molecule has 0 amide bonds. The van der Waals surface area contributed by atoms with E-state index in [0.717, 1.165) is 19.5 Å². The van der Waals surface area contributed by atoms with Crippen molar-refractivity contribution >= 4 is 21.5 Å². The Morgan fingerprint density at radius 2 is 2.09 bits per heavy atom. The molecule has 2 N–H and O–H groups in total. The van der Waals surface area contributed by atoms with E-state index in [9.17, 15) is 8.42 Å². The maximum absolute atomic E-state index is 11.5. The van der Waals surface area contributed by atoms with Crippen molar-refractivity contribution in [1.29, 1.82) is 0 Å². The lowest BCUT2D eigenvalue weighted by molar-refractivity contribution is 0.595. The third kappa shape index (κ3) is 5.42. The molecule has 2 rings (SSSR count). The van der Waals surface area contributed by atoms with Gasteiger partial charge in [-0.1, -0.05) is 25.1 Å². The van der Waals surface area contributed by atoms with Gasteiger partial charge < -0.3 is 15.5 Å². The summed E-state index contributed by atoms with van der Waals surface area (Å²) in [7, 11) is -1.25. The first-order valence-corrected chi connectivity index (χ1v) is 9.84. The Morgan fingerprint density at radius 3 is 2.74 bits per heavy atom. The third-order valence-corrected chi connectivity index (χ3v) is 5.73. The fourth-order valence-electron chi connectivity index (χ4n) is 2.61. The number of guanidine groups is 1. The predicted molar refractivity (Wildman–Crippen MR) is 95.9 cm³/mol. The van der Waals surface area contributed by atoms with E-state index in [1.807, 2.05) is 18.2 Å². The van der Waals surface area contributed by atoms with Gasteiger partial charge in [0, 0.05) is 44.2 Å². The molecule has 1 aliphatic rings. The number of aliphatic imine (C=N–C) groups is 1. The molecule has 23 heavy (non-hydrogen) atoms. The number of rotatable bonds is 6. The summed E-state index contributed by atoms with van der Waals surface area (Å²) in [4.78, 5) is 6.52. The van der Waals surface area contributed by atoms with Crippen LogP contribution in [0.25, 0.3) is 0 Å². The Hall–Kier alpha value is -1.76. The van der Waals surface area contributed by atoms with Crippen LogP contribution in [0.1, 0.15) is 13.3 Å². The van der Waals surface area contributed by atoms with Crippen LogP contribution in [-0.4, -0.2) is 58.6 Å². The molecular formula is C16H26N4O2S. The molecule has 128 valence electrons. The Labute approximate surface area is 138 Å². The van der Waals surface area contributed by atoms with E-state index < -0.39 is 9.84 Å². The van der Waals surface area contributed by atoms with Crippen LogP contribution in [0.2, 0.25) is 0 Å².